The number of aryl methyl sites for hydroxylation is 1. The van der Waals surface area contributed by atoms with E-state index >= 15 is 0 Å². The molecule has 1 fully saturated rings. The van der Waals surface area contributed by atoms with Crippen LogP contribution in [0.25, 0.3) is 0 Å². The molecule has 1 amide bonds. The van der Waals surface area contributed by atoms with Crippen LogP contribution in [0.3, 0.4) is 0 Å². The number of hydrogen-bond acceptors (Lipinski definition) is 6. The van der Waals surface area contributed by atoms with Crippen LogP contribution < -0.4 is 5.32 Å². The van der Waals surface area contributed by atoms with Crippen LogP contribution in [0.15, 0.2) is 28.6 Å². The second-order valence-electron chi connectivity index (χ2n) is 6.88. The molecule has 2 aromatic rings. The number of nitrogens with zero attached hydrogens (tertiary/aromatic N) is 3. The summed E-state index contributed by atoms with van der Waals surface area (Å²) in [5, 5.41) is 12.5. The number of likely N-dealkylation sites (tertiary alicyclic amines) is 1. The van der Waals surface area contributed by atoms with Crippen molar-refractivity contribution >= 4 is 39.8 Å². The first-order chi connectivity index (χ1) is 13.2. The van der Waals surface area contributed by atoms with Gasteiger partial charge < -0.3 is 10.2 Å². The van der Waals surface area contributed by atoms with Gasteiger partial charge in [0.05, 0.1) is 5.75 Å². The van der Waals surface area contributed by atoms with Gasteiger partial charge in [-0.25, -0.2) is 0 Å². The summed E-state index contributed by atoms with van der Waals surface area (Å²) in [7, 11) is 0. The van der Waals surface area contributed by atoms with Gasteiger partial charge in [0.2, 0.25) is 11.0 Å². The van der Waals surface area contributed by atoms with Crippen LogP contribution in [-0.4, -0.2) is 39.8 Å². The van der Waals surface area contributed by atoms with Gasteiger partial charge in [-0.15, -0.1) is 10.2 Å². The average molecular weight is 405 g/mol. The Kier molecular flexibility index (Phi) is 7.95. The molecular weight excluding hydrogens is 376 g/mol. The maximum atomic E-state index is 12.4. The quantitative estimate of drug-likeness (QED) is 0.619. The Bertz CT molecular complexity index is 709. The highest BCUT2D eigenvalue weighted by atomic mass is 32.2. The molecule has 0 bridgehead atoms. The van der Waals surface area contributed by atoms with E-state index in [0.29, 0.717) is 5.75 Å². The largest absolute Gasteiger partial charge is 0.342 e. The second-order valence-corrected chi connectivity index (χ2v) is 9.08. The number of nitrogens with one attached hydrogen (secondary N) is 1. The van der Waals surface area contributed by atoms with Gasteiger partial charge in [0.15, 0.2) is 4.34 Å². The van der Waals surface area contributed by atoms with E-state index < -0.39 is 0 Å². The van der Waals surface area contributed by atoms with Crippen molar-refractivity contribution in [2.45, 2.75) is 56.2 Å². The second kappa shape index (κ2) is 10.7. The molecular formula is C20H28N4OS2. The summed E-state index contributed by atoms with van der Waals surface area (Å²) in [6.45, 7) is 4.01. The maximum absolute atomic E-state index is 12.4. The standard InChI is InChI=1S/C20H28N4OS2/c1-2-3-8-16-9-11-17(12-10-16)21-19-22-23-20(27-19)26-15-18(25)24-13-6-4-5-7-14-24/h9-12H,2-8,13-15H2,1H3,(H,21,22). The lowest BCUT2D eigenvalue weighted by molar-refractivity contribution is -0.128. The molecule has 0 radical (unpaired) electrons. The maximum Gasteiger partial charge on any atom is 0.233 e. The Morgan fingerprint density at radius 1 is 1.15 bits per heavy atom. The number of hydrogen-bond donors (Lipinski definition) is 1. The minimum absolute atomic E-state index is 0.217. The van der Waals surface area contributed by atoms with Gasteiger partial charge in [0, 0.05) is 18.8 Å². The topological polar surface area (TPSA) is 58.1 Å². The van der Waals surface area contributed by atoms with Crippen molar-refractivity contribution in [2.24, 2.45) is 0 Å². The molecule has 1 N–H and O–H groups in total. The Hall–Kier alpha value is -1.60. The van der Waals surface area contributed by atoms with Gasteiger partial charge in [-0.1, -0.05) is 61.4 Å². The molecule has 3 rings (SSSR count). The fraction of sp³-hybridized carbons (Fsp3) is 0.550. The van der Waals surface area contributed by atoms with E-state index in [0.717, 1.165) is 47.5 Å². The average Bonchev–Trinajstić information content (AvgIpc) is 2.96. The van der Waals surface area contributed by atoms with Gasteiger partial charge in [0.1, 0.15) is 0 Å². The molecule has 1 aliphatic heterocycles. The fourth-order valence-corrected chi connectivity index (χ4v) is 4.79. The van der Waals surface area contributed by atoms with Crippen molar-refractivity contribution < 1.29 is 4.79 Å². The van der Waals surface area contributed by atoms with Gasteiger partial charge in [-0.2, -0.15) is 0 Å². The lowest BCUT2D eigenvalue weighted by Gasteiger charge is -2.19. The first-order valence-electron chi connectivity index (χ1n) is 9.84. The molecule has 0 saturated carbocycles. The number of carbonyl (C=O) groups excluding carboxylic acids is 1. The van der Waals surface area contributed by atoms with Crippen LogP contribution in [0.5, 0.6) is 0 Å². The van der Waals surface area contributed by atoms with Crippen molar-refractivity contribution in [3.63, 3.8) is 0 Å². The number of rotatable bonds is 8. The third kappa shape index (κ3) is 6.50. The van der Waals surface area contributed by atoms with Crippen LogP contribution in [0.2, 0.25) is 0 Å². The van der Waals surface area contributed by atoms with Crippen LogP contribution in [0.4, 0.5) is 10.8 Å². The van der Waals surface area contributed by atoms with E-state index in [2.05, 4.69) is 46.7 Å². The first-order valence-corrected chi connectivity index (χ1v) is 11.6. The molecule has 1 aromatic carbocycles. The first kappa shape index (κ1) is 20.1. The van der Waals surface area contributed by atoms with E-state index in [1.54, 1.807) is 0 Å². The number of unbranched alkanes of at least 4 members (excludes halogenated alkanes) is 1. The predicted molar refractivity (Wildman–Crippen MR) is 114 cm³/mol. The Morgan fingerprint density at radius 2 is 1.89 bits per heavy atom. The number of benzene rings is 1. The molecule has 0 atom stereocenters. The highest BCUT2D eigenvalue weighted by Crippen LogP contribution is 2.28. The lowest BCUT2D eigenvalue weighted by Crippen LogP contribution is -2.33. The molecule has 0 unspecified atom stereocenters. The number of anilines is 2. The molecule has 2 heterocycles. The zero-order valence-electron chi connectivity index (χ0n) is 15.9. The summed E-state index contributed by atoms with van der Waals surface area (Å²) in [4.78, 5) is 14.4. The Labute approximate surface area is 170 Å². The summed E-state index contributed by atoms with van der Waals surface area (Å²) >= 11 is 2.98. The molecule has 1 aliphatic rings. The Morgan fingerprint density at radius 3 is 2.59 bits per heavy atom. The molecule has 7 heteroatoms. The van der Waals surface area contributed by atoms with Crippen LogP contribution in [-0.2, 0) is 11.2 Å². The van der Waals surface area contributed by atoms with Gasteiger partial charge in [-0.3, -0.25) is 4.79 Å². The smallest absolute Gasteiger partial charge is 0.233 e. The minimum Gasteiger partial charge on any atom is -0.342 e. The highest BCUT2D eigenvalue weighted by molar-refractivity contribution is 8.01. The molecule has 0 aliphatic carbocycles. The monoisotopic (exact) mass is 404 g/mol. The number of aromatic nitrogens is 2. The van der Waals surface area contributed by atoms with E-state index in [-0.39, 0.29) is 5.91 Å². The summed E-state index contributed by atoms with van der Waals surface area (Å²) in [6, 6.07) is 8.49. The summed E-state index contributed by atoms with van der Waals surface area (Å²) in [5.41, 5.74) is 2.38. The van der Waals surface area contributed by atoms with Gasteiger partial charge in [0.25, 0.3) is 0 Å². The van der Waals surface area contributed by atoms with E-state index in [1.165, 1.54) is 54.3 Å². The van der Waals surface area contributed by atoms with Gasteiger partial charge in [-0.05, 0) is 43.4 Å². The molecule has 0 spiro atoms. The minimum atomic E-state index is 0.217. The van der Waals surface area contributed by atoms with Crippen molar-refractivity contribution in [3.8, 4) is 0 Å². The normalized spacial score (nSPS) is 14.8. The third-order valence-electron chi connectivity index (χ3n) is 4.71. The van der Waals surface area contributed by atoms with E-state index in [9.17, 15) is 4.79 Å². The molecule has 1 aromatic heterocycles. The number of thioether (sulfide) groups is 1. The zero-order valence-corrected chi connectivity index (χ0v) is 17.6. The fourth-order valence-electron chi connectivity index (χ4n) is 3.11. The molecule has 146 valence electrons. The summed E-state index contributed by atoms with van der Waals surface area (Å²) < 4.78 is 0.834. The summed E-state index contributed by atoms with van der Waals surface area (Å²) in [6.07, 6.45) is 8.29. The molecule has 1 saturated heterocycles. The number of amides is 1. The Balaban J connectivity index is 1.47. The summed E-state index contributed by atoms with van der Waals surface area (Å²) in [5.74, 6) is 0.662. The third-order valence-corrected chi connectivity index (χ3v) is 6.67. The lowest BCUT2D eigenvalue weighted by atomic mass is 10.1. The van der Waals surface area contributed by atoms with Crippen molar-refractivity contribution in [1.29, 1.82) is 0 Å². The molecule has 27 heavy (non-hydrogen) atoms. The number of carbonyl (C=O) groups is 1. The zero-order chi connectivity index (χ0) is 18.9. The van der Waals surface area contributed by atoms with Crippen molar-refractivity contribution in [3.05, 3.63) is 29.8 Å². The van der Waals surface area contributed by atoms with Crippen LogP contribution in [0, 0.1) is 0 Å². The van der Waals surface area contributed by atoms with Crippen molar-refractivity contribution in [2.75, 3.05) is 24.2 Å². The van der Waals surface area contributed by atoms with Gasteiger partial charge >= 0.3 is 0 Å². The predicted octanol–water partition coefficient (Wildman–Crippen LogP) is 5.12. The molecule has 5 nitrogen and oxygen atoms in total. The van der Waals surface area contributed by atoms with E-state index in [4.69, 9.17) is 0 Å². The van der Waals surface area contributed by atoms with Crippen LogP contribution in [0.1, 0.15) is 51.0 Å². The van der Waals surface area contributed by atoms with Crippen LogP contribution >= 0.6 is 23.1 Å². The van der Waals surface area contributed by atoms with Crippen molar-refractivity contribution in [1.82, 2.24) is 15.1 Å². The van der Waals surface area contributed by atoms with E-state index in [1.807, 2.05) is 4.90 Å². The highest BCUT2D eigenvalue weighted by Gasteiger charge is 2.16. The SMILES string of the molecule is CCCCc1ccc(Nc2nnc(SCC(=O)N3CCCCCC3)s2)cc1.